The summed E-state index contributed by atoms with van der Waals surface area (Å²) < 4.78 is 0.703. The Labute approximate surface area is 120 Å². The highest BCUT2D eigenvalue weighted by Crippen LogP contribution is 2.21. The molecule has 1 N–H and O–H groups in total. The van der Waals surface area contributed by atoms with Crippen molar-refractivity contribution in [3.05, 3.63) is 56.7 Å². The molecule has 0 unspecified atom stereocenters. The number of hydrogen-bond acceptors (Lipinski definition) is 3. The van der Waals surface area contributed by atoms with Gasteiger partial charge in [-0.05, 0) is 38.1 Å². The van der Waals surface area contributed by atoms with Crippen LogP contribution in [0.25, 0.3) is 0 Å². The predicted molar refractivity (Wildman–Crippen MR) is 80.2 cm³/mol. The lowest BCUT2D eigenvalue weighted by atomic mass is 10.1. The summed E-state index contributed by atoms with van der Waals surface area (Å²) in [5.41, 5.74) is 4.98. The van der Waals surface area contributed by atoms with E-state index < -0.39 is 0 Å². The van der Waals surface area contributed by atoms with Gasteiger partial charge in [-0.25, -0.2) is 5.43 Å². The predicted octanol–water partition coefficient (Wildman–Crippen LogP) is 3.86. The van der Waals surface area contributed by atoms with E-state index in [2.05, 4.69) is 10.5 Å². The molecular formula is C14H13ClN2OS. The first kappa shape index (κ1) is 13.8. The molecular weight excluding hydrogens is 280 g/mol. The summed E-state index contributed by atoms with van der Waals surface area (Å²) in [4.78, 5) is 12.8. The summed E-state index contributed by atoms with van der Waals surface area (Å²) in [6.45, 7) is 3.81. The molecule has 1 aromatic carbocycles. The van der Waals surface area contributed by atoms with Gasteiger partial charge in [0.05, 0.1) is 14.9 Å². The van der Waals surface area contributed by atoms with Crippen molar-refractivity contribution in [2.75, 3.05) is 0 Å². The summed E-state index contributed by atoms with van der Waals surface area (Å²) in [7, 11) is 0. The number of nitrogens with one attached hydrogen (secondary N) is 1. The first-order chi connectivity index (χ1) is 9.06. The molecule has 1 aromatic heterocycles. The van der Waals surface area contributed by atoms with Crippen LogP contribution in [0.3, 0.4) is 0 Å². The number of amides is 1. The highest BCUT2D eigenvalue weighted by atomic mass is 35.5. The average molecular weight is 293 g/mol. The van der Waals surface area contributed by atoms with E-state index in [1.165, 1.54) is 11.3 Å². The minimum Gasteiger partial charge on any atom is -0.267 e. The molecule has 0 saturated heterocycles. The van der Waals surface area contributed by atoms with Crippen LogP contribution in [0.1, 0.15) is 27.7 Å². The summed E-state index contributed by atoms with van der Waals surface area (Å²) in [5, 5.41) is 4.08. The van der Waals surface area contributed by atoms with E-state index in [9.17, 15) is 4.79 Å². The molecule has 3 nitrogen and oxygen atoms in total. The Bertz CT molecular complexity index is 617. The molecule has 1 heterocycles. The Balaban J connectivity index is 2.05. The Morgan fingerprint density at radius 1 is 1.21 bits per heavy atom. The summed E-state index contributed by atoms with van der Waals surface area (Å²) >= 11 is 7.28. The Morgan fingerprint density at radius 2 is 1.89 bits per heavy atom. The van der Waals surface area contributed by atoms with E-state index in [4.69, 9.17) is 11.6 Å². The minimum absolute atomic E-state index is 0.220. The van der Waals surface area contributed by atoms with Crippen molar-refractivity contribution in [3.8, 4) is 0 Å². The molecule has 0 aliphatic rings. The molecule has 19 heavy (non-hydrogen) atoms. The smallest absolute Gasteiger partial charge is 0.267 e. The van der Waals surface area contributed by atoms with Gasteiger partial charge in [0, 0.05) is 5.56 Å². The number of halogens is 1. The highest BCUT2D eigenvalue weighted by molar-refractivity contribution is 7.18. The normalized spacial score (nSPS) is 11.4. The fourth-order valence-corrected chi connectivity index (χ4v) is 2.46. The molecule has 2 aromatic rings. The van der Waals surface area contributed by atoms with Crippen molar-refractivity contribution < 1.29 is 4.79 Å². The monoisotopic (exact) mass is 292 g/mol. The maximum absolute atomic E-state index is 11.9. The van der Waals surface area contributed by atoms with E-state index >= 15 is 0 Å². The fourth-order valence-electron chi connectivity index (χ4n) is 1.47. The maximum atomic E-state index is 11.9. The van der Waals surface area contributed by atoms with E-state index in [1.807, 2.05) is 38.1 Å². The topological polar surface area (TPSA) is 41.5 Å². The van der Waals surface area contributed by atoms with E-state index in [1.54, 1.807) is 12.1 Å². The lowest BCUT2D eigenvalue weighted by Gasteiger charge is -2.01. The summed E-state index contributed by atoms with van der Waals surface area (Å²) in [6, 6.07) is 11.0. The van der Waals surface area contributed by atoms with Gasteiger partial charge in [-0.2, -0.15) is 5.10 Å². The maximum Gasteiger partial charge on any atom is 0.271 e. The second-order valence-corrected chi connectivity index (χ2v) is 5.82. The quantitative estimate of drug-likeness (QED) is 0.677. The molecule has 1 amide bonds. The van der Waals surface area contributed by atoms with Crippen LogP contribution in [0.2, 0.25) is 4.34 Å². The Kier molecular flexibility index (Phi) is 4.35. The van der Waals surface area contributed by atoms with Crippen LogP contribution in [-0.2, 0) is 0 Å². The average Bonchev–Trinajstić information content (AvgIpc) is 2.83. The number of thiophene rings is 1. The van der Waals surface area contributed by atoms with Crippen molar-refractivity contribution >= 4 is 34.6 Å². The fraction of sp³-hybridized carbons (Fsp3) is 0.143. The number of rotatable bonds is 3. The number of carbonyl (C=O) groups is 1. The third-order valence-electron chi connectivity index (χ3n) is 2.57. The zero-order valence-corrected chi connectivity index (χ0v) is 12.2. The van der Waals surface area contributed by atoms with Gasteiger partial charge in [0.1, 0.15) is 0 Å². The molecule has 0 bridgehead atoms. The van der Waals surface area contributed by atoms with Gasteiger partial charge in [0.2, 0.25) is 0 Å². The SMILES string of the molecule is C/C(=N/NC(=O)c1ccc(C)cc1)c1ccc(Cl)s1. The zero-order valence-electron chi connectivity index (χ0n) is 10.6. The van der Waals surface area contributed by atoms with Crippen molar-refractivity contribution in [1.82, 2.24) is 5.43 Å². The van der Waals surface area contributed by atoms with Gasteiger partial charge >= 0.3 is 0 Å². The van der Waals surface area contributed by atoms with Crippen LogP contribution in [0.5, 0.6) is 0 Å². The van der Waals surface area contributed by atoms with Crippen LogP contribution in [0.4, 0.5) is 0 Å². The van der Waals surface area contributed by atoms with Gasteiger partial charge in [0.15, 0.2) is 0 Å². The molecule has 2 rings (SSSR count). The van der Waals surface area contributed by atoms with Gasteiger partial charge in [-0.15, -0.1) is 11.3 Å². The largest absolute Gasteiger partial charge is 0.271 e. The Morgan fingerprint density at radius 3 is 2.47 bits per heavy atom. The molecule has 0 aliphatic heterocycles. The molecule has 5 heteroatoms. The first-order valence-electron chi connectivity index (χ1n) is 5.73. The lowest BCUT2D eigenvalue weighted by molar-refractivity contribution is 0.0955. The van der Waals surface area contributed by atoms with Crippen LogP contribution in [-0.4, -0.2) is 11.6 Å². The van der Waals surface area contributed by atoms with Crippen molar-refractivity contribution in [1.29, 1.82) is 0 Å². The van der Waals surface area contributed by atoms with Crippen LogP contribution < -0.4 is 5.43 Å². The molecule has 98 valence electrons. The van der Waals surface area contributed by atoms with E-state index in [-0.39, 0.29) is 5.91 Å². The highest BCUT2D eigenvalue weighted by Gasteiger charge is 2.05. The van der Waals surface area contributed by atoms with Gasteiger partial charge in [0.25, 0.3) is 5.91 Å². The Hall–Kier alpha value is -1.65. The number of hydrogen-bond donors (Lipinski definition) is 1. The lowest BCUT2D eigenvalue weighted by Crippen LogP contribution is -2.19. The van der Waals surface area contributed by atoms with Crippen LogP contribution >= 0.6 is 22.9 Å². The molecule has 0 aliphatic carbocycles. The molecule has 0 atom stereocenters. The zero-order chi connectivity index (χ0) is 13.8. The van der Waals surface area contributed by atoms with Crippen molar-refractivity contribution in [2.24, 2.45) is 5.10 Å². The van der Waals surface area contributed by atoms with Gasteiger partial charge in [-0.3, -0.25) is 4.79 Å². The van der Waals surface area contributed by atoms with Gasteiger partial charge < -0.3 is 0 Å². The third kappa shape index (κ3) is 3.66. The molecule has 0 fully saturated rings. The van der Waals surface area contributed by atoms with E-state index in [0.29, 0.717) is 9.90 Å². The van der Waals surface area contributed by atoms with Crippen molar-refractivity contribution in [3.63, 3.8) is 0 Å². The van der Waals surface area contributed by atoms with Gasteiger partial charge in [-0.1, -0.05) is 29.3 Å². The van der Waals surface area contributed by atoms with E-state index in [0.717, 1.165) is 16.2 Å². The summed E-state index contributed by atoms with van der Waals surface area (Å²) in [6.07, 6.45) is 0. The standard InChI is InChI=1S/C14H13ClN2OS/c1-9-3-5-11(6-4-9)14(18)17-16-10(2)12-7-8-13(15)19-12/h3-8H,1-2H3,(H,17,18)/b16-10-. The molecule has 0 spiro atoms. The number of benzene rings is 1. The molecule has 0 saturated carbocycles. The number of aryl methyl sites for hydroxylation is 1. The third-order valence-corrected chi connectivity index (χ3v) is 3.91. The minimum atomic E-state index is -0.220. The first-order valence-corrected chi connectivity index (χ1v) is 6.93. The number of nitrogens with zero attached hydrogens (tertiary/aromatic N) is 1. The second-order valence-electron chi connectivity index (χ2n) is 4.11. The summed E-state index contributed by atoms with van der Waals surface area (Å²) in [5.74, 6) is -0.220. The second kappa shape index (κ2) is 5.99. The number of hydrazone groups is 1. The number of carbonyl (C=O) groups excluding carboxylic acids is 1. The van der Waals surface area contributed by atoms with Crippen molar-refractivity contribution in [2.45, 2.75) is 13.8 Å². The van der Waals surface area contributed by atoms with Crippen LogP contribution in [0, 0.1) is 6.92 Å². The molecule has 0 radical (unpaired) electrons. The van der Waals surface area contributed by atoms with Crippen LogP contribution in [0.15, 0.2) is 41.5 Å².